The number of ketones is 1. The first-order valence-electron chi connectivity index (χ1n) is 7.41. The van der Waals surface area contributed by atoms with Crippen LogP contribution in [0.5, 0.6) is 0 Å². The monoisotopic (exact) mass is 310 g/mol. The van der Waals surface area contributed by atoms with Crippen LogP contribution in [0.1, 0.15) is 66.6 Å². The minimum atomic E-state index is -1.14. The largest absolute Gasteiger partial charge is 0.476 e. The maximum atomic E-state index is 11.5. The molecule has 1 heterocycles. The Balaban J connectivity index is 2.20. The number of hydrogen-bond donors (Lipinski definition) is 2. The van der Waals surface area contributed by atoms with E-state index < -0.39 is 5.97 Å². The van der Waals surface area contributed by atoms with E-state index in [2.05, 4.69) is 24.1 Å². The van der Waals surface area contributed by atoms with Gasteiger partial charge in [0.2, 0.25) is 0 Å². The van der Waals surface area contributed by atoms with Crippen LogP contribution in [0.25, 0.3) is 0 Å². The molecule has 2 unspecified atom stereocenters. The standard InChI is InChI=1S/C15H22N2O3S/c1-8(2)10-6-4-5-7-11(10)16-15-17-12(14(19)20)13(21-15)9(3)18/h8,10-11H,4-7H2,1-3H3,(H,16,17)(H,19,20). The van der Waals surface area contributed by atoms with Crippen LogP contribution in [0.3, 0.4) is 0 Å². The van der Waals surface area contributed by atoms with Gasteiger partial charge in [-0.15, -0.1) is 0 Å². The van der Waals surface area contributed by atoms with Crippen LogP contribution in [0.2, 0.25) is 0 Å². The number of carboxylic acid groups (broad SMARTS) is 1. The molecule has 2 N–H and O–H groups in total. The van der Waals surface area contributed by atoms with Gasteiger partial charge in [0.15, 0.2) is 16.6 Å². The van der Waals surface area contributed by atoms with Crippen molar-refractivity contribution < 1.29 is 14.7 Å². The van der Waals surface area contributed by atoms with Crippen molar-refractivity contribution in [3.8, 4) is 0 Å². The van der Waals surface area contributed by atoms with E-state index in [9.17, 15) is 9.59 Å². The van der Waals surface area contributed by atoms with Gasteiger partial charge in [-0.05, 0) is 24.7 Å². The quantitative estimate of drug-likeness (QED) is 0.811. The average Bonchev–Trinajstić information content (AvgIpc) is 2.83. The first-order valence-corrected chi connectivity index (χ1v) is 8.23. The van der Waals surface area contributed by atoms with Gasteiger partial charge in [0.1, 0.15) is 4.88 Å². The summed E-state index contributed by atoms with van der Waals surface area (Å²) in [5.74, 6) is -0.249. The average molecular weight is 310 g/mol. The summed E-state index contributed by atoms with van der Waals surface area (Å²) in [5, 5.41) is 13.1. The van der Waals surface area contributed by atoms with Gasteiger partial charge in [0, 0.05) is 13.0 Å². The summed E-state index contributed by atoms with van der Waals surface area (Å²) < 4.78 is 0. The van der Waals surface area contributed by atoms with E-state index >= 15 is 0 Å². The lowest BCUT2D eigenvalue weighted by Gasteiger charge is -2.34. The Morgan fingerprint density at radius 3 is 2.52 bits per heavy atom. The van der Waals surface area contributed by atoms with Crippen LogP contribution in [0.15, 0.2) is 0 Å². The normalized spacial score (nSPS) is 22.3. The summed E-state index contributed by atoms with van der Waals surface area (Å²) in [5.41, 5.74) is -0.132. The van der Waals surface area contributed by atoms with E-state index in [1.165, 1.54) is 26.2 Å². The van der Waals surface area contributed by atoms with Crippen LogP contribution in [0.4, 0.5) is 5.13 Å². The lowest BCUT2D eigenvalue weighted by Crippen LogP contribution is -2.35. The van der Waals surface area contributed by atoms with Crippen molar-refractivity contribution in [2.45, 2.75) is 52.5 Å². The highest BCUT2D eigenvalue weighted by Gasteiger charge is 2.29. The number of aromatic nitrogens is 1. The van der Waals surface area contributed by atoms with Gasteiger partial charge in [0.25, 0.3) is 0 Å². The summed E-state index contributed by atoms with van der Waals surface area (Å²) in [6.07, 6.45) is 4.68. The molecule has 0 spiro atoms. The summed E-state index contributed by atoms with van der Waals surface area (Å²) in [7, 11) is 0. The molecule has 1 aromatic rings. The Morgan fingerprint density at radius 1 is 1.33 bits per heavy atom. The number of carbonyl (C=O) groups is 2. The minimum Gasteiger partial charge on any atom is -0.476 e. The van der Waals surface area contributed by atoms with E-state index in [4.69, 9.17) is 5.11 Å². The molecule has 6 heteroatoms. The molecule has 1 aliphatic carbocycles. The zero-order valence-corrected chi connectivity index (χ0v) is 13.5. The van der Waals surface area contributed by atoms with E-state index in [0.717, 1.165) is 17.8 Å². The number of thiazole rings is 1. The lowest BCUT2D eigenvalue weighted by atomic mass is 9.78. The minimum absolute atomic E-state index is 0.132. The van der Waals surface area contributed by atoms with Crippen molar-refractivity contribution in [1.82, 2.24) is 4.98 Å². The van der Waals surface area contributed by atoms with E-state index in [1.54, 1.807) is 0 Å². The first-order chi connectivity index (χ1) is 9.90. The number of Topliss-reactive ketones (excluding diaryl/α,β-unsaturated/α-hetero) is 1. The molecule has 5 nitrogen and oxygen atoms in total. The van der Waals surface area contributed by atoms with Crippen molar-refractivity contribution in [1.29, 1.82) is 0 Å². The molecule has 1 aromatic heterocycles. The van der Waals surface area contributed by atoms with Crippen LogP contribution < -0.4 is 5.32 Å². The third-order valence-electron chi connectivity index (χ3n) is 4.13. The van der Waals surface area contributed by atoms with Crippen molar-refractivity contribution in [2.24, 2.45) is 11.8 Å². The molecule has 2 rings (SSSR count). The number of carbonyl (C=O) groups excluding carboxylic acids is 1. The zero-order chi connectivity index (χ0) is 15.6. The fourth-order valence-corrected chi connectivity index (χ4v) is 3.97. The highest BCUT2D eigenvalue weighted by molar-refractivity contribution is 7.17. The Labute approximate surface area is 128 Å². The van der Waals surface area contributed by atoms with Crippen LogP contribution >= 0.6 is 11.3 Å². The topological polar surface area (TPSA) is 79.3 Å². The van der Waals surface area contributed by atoms with E-state index in [-0.39, 0.29) is 16.4 Å². The van der Waals surface area contributed by atoms with Crippen molar-refractivity contribution in [3.63, 3.8) is 0 Å². The molecule has 0 aliphatic heterocycles. The molecule has 1 aliphatic rings. The van der Waals surface area contributed by atoms with Gasteiger partial charge in [-0.25, -0.2) is 9.78 Å². The number of aromatic carboxylic acids is 1. The molecule has 2 atom stereocenters. The summed E-state index contributed by atoms with van der Waals surface area (Å²) in [6.45, 7) is 5.81. The second kappa shape index (κ2) is 6.56. The molecule has 116 valence electrons. The fraction of sp³-hybridized carbons (Fsp3) is 0.667. The number of nitrogens with one attached hydrogen (secondary N) is 1. The van der Waals surface area contributed by atoms with Gasteiger partial charge in [0.05, 0.1) is 0 Å². The maximum Gasteiger partial charge on any atom is 0.356 e. The van der Waals surface area contributed by atoms with Crippen LogP contribution in [0, 0.1) is 11.8 Å². The molecule has 0 amide bonds. The Morgan fingerprint density at radius 2 is 2.00 bits per heavy atom. The Hall–Kier alpha value is -1.43. The number of carboxylic acids is 1. The molecule has 1 fully saturated rings. The third-order valence-corrected chi connectivity index (χ3v) is 5.22. The van der Waals surface area contributed by atoms with Gasteiger partial charge >= 0.3 is 5.97 Å². The maximum absolute atomic E-state index is 11.5. The van der Waals surface area contributed by atoms with Gasteiger partial charge in [-0.1, -0.05) is 38.0 Å². The number of nitrogens with zero attached hydrogens (tertiary/aromatic N) is 1. The Bertz CT molecular complexity index is 508. The summed E-state index contributed by atoms with van der Waals surface area (Å²) in [4.78, 5) is 27.0. The summed E-state index contributed by atoms with van der Waals surface area (Å²) in [6, 6.07) is 0.311. The first kappa shape index (κ1) is 15.9. The molecule has 0 saturated heterocycles. The molecule has 1 saturated carbocycles. The highest BCUT2D eigenvalue weighted by atomic mass is 32.1. The van der Waals surface area contributed by atoms with Crippen LogP contribution in [-0.4, -0.2) is 27.9 Å². The predicted octanol–water partition coefficient (Wildman–Crippen LogP) is 3.67. The molecule has 21 heavy (non-hydrogen) atoms. The molecular weight excluding hydrogens is 288 g/mol. The van der Waals surface area contributed by atoms with Crippen molar-refractivity contribution in [2.75, 3.05) is 5.32 Å². The van der Waals surface area contributed by atoms with Crippen molar-refractivity contribution >= 4 is 28.2 Å². The number of hydrogen-bond acceptors (Lipinski definition) is 5. The second-order valence-corrected chi connectivity index (χ2v) is 7.00. The van der Waals surface area contributed by atoms with E-state index in [1.807, 2.05) is 0 Å². The number of rotatable bonds is 5. The van der Waals surface area contributed by atoms with Crippen molar-refractivity contribution in [3.05, 3.63) is 10.6 Å². The molecule has 0 bridgehead atoms. The van der Waals surface area contributed by atoms with E-state index in [0.29, 0.717) is 23.0 Å². The number of anilines is 1. The predicted molar refractivity (Wildman–Crippen MR) is 83.3 cm³/mol. The third kappa shape index (κ3) is 3.61. The van der Waals surface area contributed by atoms with Gasteiger partial charge in [-0.3, -0.25) is 4.79 Å². The van der Waals surface area contributed by atoms with Gasteiger partial charge in [-0.2, -0.15) is 0 Å². The SMILES string of the molecule is CC(=O)c1sc(NC2CCCCC2C(C)C)nc1C(=O)O. The fourth-order valence-electron chi connectivity index (χ4n) is 3.06. The van der Waals surface area contributed by atoms with Gasteiger partial charge < -0.3 is 10.4 Å². The smallest absolute Gasteiger partial charge is 0.356 e. The Kier molecular flexibility index (Phi) is 4.98. The highest BCUT2D eigenvalue weighted by Crippen LogP contribution is 2.34. The lowest BCUT2D eigenvalue weighted by molar-refractivity contribution is 0.0687. The zero-order valence-electron chi connectivity index (χ0n) is 12.7. The van der Waals surface area contributed by atoms with Crippen LogP contribution in [-0.2, 0) is 0 Å². The molecule has 0 aromatic carbocycles. The second-order valence-electron chi connectivity index (χ2n) is 6.00. The molecule has 0 radical (unpaired) electrons. The summed E-state index contributed by atoms with van der Waals surface area (Å²) >= 11 is 1.15. The molecular formula is C15H22N2O3S.